The van der Waals surface area contributed by atoms with Gasteiger partial charge in [0.2, 0.25) is 0 Å². The maximum atomic E-state index is 10.9. The first-order valence-corrected chi connectivity index (χ1v) is 5.64. The van der Waals surface area contributed by atoms with E-state index in [1.54, 1.807) is 0 Å². The molecule has 0 bridgehead atoms. The molecule has 0 radical (unpaired) electrons. The van der Waals surface area contributed by atoms with Gasteiger partial charge in [0.25, 0.3) is 0 Å². The van der Waals surface area contributed by atoms with E-state index in [4.69, 9.17) is 0 Å². The van der Waals surface area contributed by atoms with Crippen molar-refractivity contribution in [2.75, 3.05) is 5.75 Å². The summed E-state index contributed by atoms with van der Waals surface area (Å²) in [5, 5.41) is 0.739. The van der Waals surface area contributed by atoms with Crippen molar-refractivity contribution < 1.29 is 4.79 Å². The van der Waals surface area contributed by atoms with Gasteiger partial charge in [0.1, 0.15) is 0 Å². The third-order valence-electron chi connectivity index (χ3n) is 2.24. The Kier molecular flexibility index (Phi) is 4.44. The number of hydrogen-bond acceptors (Lipinski definition) is 2. The second-order valence-electron chi connectivity index (χ2n) is 3.24. The topological polar surface area (TPSA) is 17.1 Å². The molecule has 0 heterocycles. The summed E-state index contributed by atoms with van der Waals surface area (Å²) in [6.45, 7) is 3.46. The minimum Gasteiger partial charge on any atom is -0.294 e. The molecule has 0 aromatic carbocycles. The summed E-state index contributed by atoms with van der Waals surface area (Å²) in [5.74, 6) is 0.805. The van der Waals surface area contributed by atoms with Crippen LogP contribution in [0.25, 0.3) is 0 Å². The van der Waals surface area contributed by atoms with Crippen LogP contribution in [-0.4, -0.2) is 16.8 Å². The maximum absolute atomic E-state index is 10.9. The summed E-state index contributed by atoms with van der Waals surface area (Å²) in [4.78, 5) is 10.9. The summed E-state index contributed by atoms with van der Waals surface area (Å²) in [6, 6.07) is 0. The third-order valence-corrected chi connectivity index (χ3v) is 3.64. The zero-order valence-electron chi connectivity index (χ0n) is 7.42. The highest BCUT2D eigenvalue weighted by Gasteiger charge is 2.13. The molecule has 1 saturated carbocycles. The van der Waals surface area contributed by atoms with Gasteiger partial charge in [-0.3, -0.25) is 4.79 Å². The van der Waals surface area contributed by atoms with Gasteiger partial charge in [-0.2, -0.15) is 11.8 Å². The van der Waals surface area contributed by atoms with E-state index >= 15 is 0 Å². The van der Waals surface area contributed by atoms with Crippen LogP contribution >= 0.6 is 11.8 Å². The Morgan fingerprint density at radius 1 is 1.42 bits per heavy atom. The molecule has 0 aromatic rings. The number of thioether (sulfide) groups is 1. The summed E-state index contributed by atoms with van der Waals surface area (Å²) in [5.41, 5.74) is 0. The quantitative estimate of drug-likeness (QED) is 0.625. The summed E-state index contributed by atoms with van der Waals surface area (Å²) >= 11 is 1.81. The average molecular weight is 184 g/mol. The molecular weight excluding hydrogens is 168 g/mol. The predicted molar refractivity (Wildman–Crippen MR) is 54.5 cm³/mol. The first-order chi connectivity index (χ1) is 5.83. The van der Waals surface area contributed by atoms with E-state index in [9.17, 15) is 4.79 Å². The standard InChI is InChI=1S/C10H16OS/c1-2-9(11)8-12-10-6-4-3-5-7-10/h2,10H,1,3-8H2. The van der Waals surface area contributed by atoms with Crippen molar-refractivity contribution in [1.82, 2.24) is 0 Å². The molecule has 12 heavy (non-hydrogen) atoms. The highest BCUT2D eigenvalue weighted by Crippen LogP contribution is 2.27. The molecule has 1 nitrogen and oxygen atoms in total. The van der Waals surface area contributed by atoms with E-state index in [1.165, 1.54) is 38.2 Å². The van der Waals surface area contributed by atoms with Gasteiger partial charge in [0, 0.05) is 5.25 Å². The molecule has 0 spiro atoms. The average Bonchev–Trinajstić information content (AvgIpc) is 2.16. The van der Waals surface area contributed by atoms with Crippen LogP contribution in [0, 0.1) is 0 Å². The second-order valence-corrected chi connectivity index (χ2v) is 4.53. The van der Waals surface area contributed by atoms with Gasteiger partial charge in [-0.15, -0.1) is 0 Å². The molecule has 0 aliphatic heterocycles. The van der Waals surface area contributed by atoms with E-state index in [0.29, 0.717) is 5.75 Å². The Bertz CT molecular complexity index is 159. The zero-order valence-corrected chi connectivity index (χ0v) is 8.24. The predicted octanol–water partition coefficient (Wildman–Crippen LogP) is 2.81. The zero-order chi connectivity index (χ0) is 8.81. The van der Waals surface area contributed by atoms with Crippen molar-refractivity contribution in [2.45, 2.75) is 37.4 Å². The van der Waals surface area contributed by atoms with Gasteiger partial charge < -0.3 is 0 Å². The number of allylic oxidation sites excluding steroid dienone is 1. The highest BCUT2D eigenvalue weighted by atomic mass is 32.2. The Labute approximate surface area is 78.6 Å². The largest absolute Gasteiger partial charge is 0.294 e. The Hall–Kier alpha value is -0.240. The van der Waals surface area contributed by atoms with E-state index in [1.807, 2.05) is 11.8 Å². The van der Waals surface area contributed by atoms with Gasteiger partial charge in [-0.05, 0) is 18.9 Å². The number of hydrogen-bond donors (Lipinski definition) is 0. The van der Waals surface area contributed by atoms with Crippen LogP contribution in [-0.2, 0) is 4.79 Å². The molecule has 1 aliphatic carbocycles. The lowest BCUT2D eigenvalue weighted by Crippen LogP contribution is -2.10. The van der Waals surface area contributed by atoms with E-state index in [-0.39, 0.29) is 5.78 Å². The van der Waals surface area contributed by atoms with Crippen molar-refractivity contribution in [3.63, 3.8) is 0 Å². The fourth-order valence-electron chi connectivity index (χ4n) is 1.49. The van der Waals surface area contributed by atoms with Crippen LogP contribution in [0.3, 0.4) is 0 Å². The Morgan fingerprint density at radius 2 is 2.08 bits per heavy atom. The van der Waals surface area contributed by atoms with Crippen molar-refractivity contribution in [2.24, 2.45) is 0 Å². The molecule has 1 fully saturated rings. The van der Waals surface area contributed by atoms with Crippen LogP contribution < -0.4 is 0 Å². The molecule has 2 heteroatoms. The van der Waals surface area contributed by atoms with Crippen LogP contribution in [0.15, 0.2) is 12.7 Å². The normalized spacial score (nSPS) is 19.0. The first kappa shape index (κ1) is 9.85. The van der Waals surface area contributed by atoms with Gasteiger partial charge >= 0.3 is 0 Å². The SMILES string of the molecule is C=CC(=O)CSC1CCCCC1. The van der Waals surface area contributed by atoms with Gasteiger partial charge in [0.15, 0.2) is 5.78 Å². The molecule has 1 aliphatic rings. The smallest absolute Gasteiger partial charge is 0.164 e. The fraction of sp³-hybridized carbons (Fsp3) is 0.700. The highest BCUT2D eigenvalue weighted by molar-refractivity contribution is 8.00. The fourth-order valence-corrected chi connectivity index (χ4v) is 2.68. The van der Waals surface area contributed by atoms with Crippen molar-refractivity contribution in [3.05, 3.63) is 12.7 Å². The summed E-state index contributed by atoms with van der Waals surface area (Å²) in [6.07, 6.45) is 8.10. The molecule has 0 N–H and O–H groups in total. The lowest BCUT2D eigenvalue weighted by atomic mass is 10.0. The van der Waals surface area contributed by atoms with Crippen molar-refractivity contribution >= 4 is 17.5 Å². The van der Waals surface area contributed by atoms with Crippen LogP contribution in [0.2, 0.25) is 0 Å². The third kappa shape index (κ3) is 3.44. The minimum absolute atomic E-state index is 0.172. The Balaban J connectivity index is 2.12. The minimum atomic E-state index is 0.172. The number of rotatable bonds is 4. The second kappa shape index (κ2) is 5.41. The molecular formula is C10H16OS. The first-order valence-electron chi connectivity index (χ1n) is 4.60. The Morgan fingerprint density at radius 3 is 2.67 bits per heavy atom. The number of carbonyl (C=O) groups excluding carboxylic acids is 1. The summed E-state index contributed by atoms with van der Waals surface area (Å²) in [7, 11) is 0. The van der Waals surface area contributed by atoms with E-state index in [2.05, 4.69) is 6.58 Å². The van der Waals surface area contributed by atoms with Crippen LogP contribution in [0.1, 0.15) is 32.1 Å². The van der Waals surface area contributed by atoms with Gasteiger partial charge in [0.05, 0.1) is 5.75 Å². The lowest BCUT2D eigenvalue weighted by molar-refractivity contribution is -0.112. The molecule has 0 atom stereocenters. The monoisotopic (exact) mass is 184 g/mol. The number of carbonyl (C=O) groups is 1. The van der Waals surface area contributed by atoms with Crippen LogP contribution in [0.4, 0.5) is 0 Å². The number of ketones is 1. The molecule has 0 amide bonds. The maximum Gasteiger partial charge on any atom is 0.164 e. The van der Waals surface area contributed by atoms with Crippen LogP contribution in [0.5, 0.6) is 0 Å². The van der Waals surface area contributed by atoms with E-state index < -0.39 is 0 Å². The molecule has 0 aromatic heterocycles. The van der Waals surface area contributed by atoms with Crippen molar-refractivity contribution in [3.8, 4) is 0 Å². The molecule has 0 saturated heterocycles. The molecule has 1 rings (SSSR count). The van der Waals surface area contributed by atoms with Crippen molar-refractivity contribution in [1.29, 1.82) is 0 Å². The summed E-state index contributed by atoms with van der Waals surface area (Å²) < 4.78 is 0. The molecule has 68 valence electrons. The lowest BCUT2D eigenvalue weighted by Gasteiger charge is -2.20. The van der Waals surface area contributed by atoms with Gasteiger partial charge in [-0.25, -0.2) is 0 Å². The van der Waals surface area contributed by atoms with Gasteiger partial charge in [-0.1, -0.05) is 25.8 Å². The molecule has 0 unspecified atom stereocenters. The van der Waals surface area contributed by atoms with E-state index in [0.717, 1.165) is 5.25 Å².